The number of fused-ring (bicyclic) bond motifs is 1. The zero-order valence-corrected chi connectivity index (χ0v) is 11.6. The van der Waals surface area contributed by atoms with E-state index in [2.05, 4.69) is 20.4 Å². The van der Waals surface area contributed by atoms with Gasteiger partial charge in [-0.05, 0) is 26.2 Å². The minimum Gasteiger partial charge on any atom is -0.367 e. The van der Waals surface area contributed by atoms with Crippen LogP contribution in [0.25, 0.3) is 5.78 Å². The van der Waals surface area contributed by atoms with Gasteiger partial charge in [0.25, 0.3) is 5.78 Å². The normalized spacial score (nSPS) is 23.4. The van der Waals surface area contributed by atoms with E-state index in [1.807, 2.05) is 6.92 Å². The maximum absolute atomic E-state index is 12.9. The predicted octanol–water partition coefficient (Wildman–Crippen LogP) is 2.97. The van der Waals surface area contributed by atoms with Crippen LogP contribution in [-0.4, -0.2) is 31.8 Å². The maximum Gasteiger partial charge on any atom is 0.391 e. The third kappa shape index (κ3) is 2.93. The summed E-state index contributed by atoms with van der Waals surface area (Å²) in [5.74, 6) is -0.138. The minimum absolute atomic E-state index is 0.0983. The van der Waals surface area contributed by atoms with Gasteiger partial charge in [-0.15, -0.1) is 0 Å². The largest absolute Gasteiger partial charge is 0.391 e. The number of nitrogens with zero attached hydrogens (tertiary/aromatic N) is 4. The molecule has 1 aliphatic rings. The van der Waals surface area contributed by atoms with Gasteiger partial charge in [-0.1, -0.05) is 6.42 Å². The van der Waals surface area contributed by atoms with Crippen molar-refractivity contribution in [2.45, 2.75) is 44.8 Å². The van der Waals surface area contributed by atoms with Crippen LogP contribution >= 0.6 is 0 Å². The molecule has 1 fully saturated rings. The number of hydrogen-bond donors (Lipinski definition) is 1. The topological polar surface area (TPSA) is 55.1 Å². The number of rotatable bonds is 2. The Labute approximate surface area is 119 Å². The smallest absolute Gasteiger partial charge is 0.367 e. The van der Waals surface area contributed by atoms with Crippen molar-refractivity contribution in [2.24, 2.45) is 5.92 Å². The molecule has 0 spiro atoms. The quantitative estimate of drug-likeness (QED) is 0.926. The third-order valence-corrected chi connectivity index (χ3v) is 3.87. The average molecular weight is 299 g/mol. The number of hydrogen-bond acceptors (Lipinski definition) is 4. The van der Waals surface area contributed by atoms with Crippen LogP contribution in [0.1, 0.15) is 31.4 Å². The van der Waals surface area contributed by atoms with Gasteiger partial charge in [0.15, 0.2) is 0 Å². The second kappa shape index (κ2) is 5.16. The lowest BCUT2D eigenvalue weighted by atomic mass is 9.85. The molecule has 2 aromatic heterocycles. The Morgan fingerprint density at radius 2 is 2.14 bits per heavy atom. The molecule has 0 bridgehead atoms. The zero-order chi connectivity index (χ0) is 15.0. The van der Waals surface area contributed by atoms with E-state index in [0.29, 0.717) is 18.0 Å². The second-order valence-electron chi connectivity index (χ2n) is 5.50. The van der Waals surface area contributed by atoms with Gasteiger partial charge in [0.2, 0.25) is 0 Å². The van der Waals surface area contributed by atoms with Gasteiger partial charge in [0, 0.05) is 17.8 Å². The molecule has 8 heteroatoms. The Kier molecular flexibility index (Phi) is 3.46. The van der Waals surface area contributed by atoms with E-state index < -0.39 is 12.1 Å². The molecule has 0 radical (unpaired) electrons. The molecule has 2 atom stereocenters. The molecule has 2 heterocycles. The molecular weight excluding hydrogens is 283 g/mol. The number of halogens is 3. The second-order valence-corrected chi connectivity index (χ2v) is 5.50. The first-order valence-electron chi connectivity index (χ1n) is 6.94. The summed E-state index contributed by atoms with van der Waals surface area (Å²) in [4.78, 5) is 8.22. The van der Waals surface area contributed by atoms with Crippen LogP contribution in [0, 0.1) is 12.8 Å². The van der Waals surface area contributed by atoms with Crippen molar-refractivity contribution in [2.75, 3.05) is 5.32 Å². The van der Waals surface area contributed by atoms with Gasteiger partial charge >= 0.3 is 6.18 Å². The lowest BCUT2D eigenvalue weighted by molar-refractivity contribution is -0.182. The summed E-state index contributed by atoms with van der Waals surface area (Å²) in [5, 5.41) is 7.22. The Hall–Kier alpha value is -1.86. The molecule has 0 saturated heterocycles. The fourth-order valence-electron chi connectivity index (χ4n) is 2.86. The van der Waals surface area contributed by atoms with Gasteiger partial charge in [-0.3, -0.25) is 0 Å². The van der Waals surface area contributed by atoms with E-state index in [0.717, 1.165) is 12.1 Å². The number of aryl methyl sites for hydroxylation is 1. The molecule has 21 heavy (non-hydrogen) atoms. The van der Waals surface area contributed by atoms with E-state index in [1.54, 1.807) is 6.07 Å². The highest BCUT2D eigenvalue weighted by Gasteiger charge is 2.42. The van der Waals surface area contributed by atoms with Gasteiger partial charge in [-0.25, -0.2) is 4.98 Å². The zero-order valence-electron chi connectivity index (χ0n) is 11.6. The Morgan fingerprint density at radius 1 is 1.33 bits per heavy atom. The highest BCUT2D eigenvalue weighted by Crippen LogP contribution is 2.38. The van der Waals surface area contributed by atoms with Crippen molar-refractivity contribution in [1.82, 2.24) is 19.6 Å². The monoisotopic (exact) mass is 299 g/mol. The van der Waals surface area contributed by atoms with Crippen LogP contribution in [0.4, 0.5) is 19.0 Å². The molecular formula is C13H16F3N5. The van der Waals surface area contributed by atoms with Crippen molar-refractivity contribution in [3.63, 3.8) is 0 Å². The van der Waals surface area contributed by atoms with Crippen LogP contribution in [0.3, 0.4) is 0 Å². The first-order chi connectivity index (χ1) is 9.93. The molecule has 114 valence electrons. The van der Waals surface area contributed by atoms with Crippen molar-refractivity contribution in [3.05, 3.63) is 18.1 Å². The Balaban J connectivity index is 1.80. The summed E-state index contributed by atoms with van der Waals surface area (Å²) in [5.41, 5.74) is 0.751. The number of anilines is 1. The molecule has 3 rings (SSSR count). The molecule has 0 aliphatic heterocycles. The molecule has 1 N–H and O–H groups in total. The summed E-state index contributed by atoms with van der Waals surface area (Å²) >= 11 is 0. The van der Waals surface area contributed by atoms with Gasteiger partial charge < -0.3 is 5.32 Å². The number of aromatic nitrogens is 4. The lowest BCUT2D eigenvalue weighted by Gasteiger charge is -2.31. The summed E-state index contributed by atoms with van der Waals surface area (Å²) in [6, 6.07) is 1.57. The summed E-state index contributed by atoms with van der Waals surface area (Å²) < 4.78 is 40.1. The fourth-order valence-corrected chi connectivity index (χ4v) is 2.86. The molecule has 0 aromatic carbocycles. The van der Waals surface area contributed by atoms with Crippen molar-refractivity contribution in [3.8, 4) is 0 Å². The maximum atomic E-state index is 12.9. The molecule has 0 unspecified atom stereocenters. The molecule has 1 saturated carbocycles. The molecule has 1 aliphatic carbocycles. The fraction of sp³-hybridized carbons (Fsp3) is 0.615. The first-order valence-corrected chi connectivity index (χ1v) is 6.94. The van der Waals surface area contributed by atoms with Crippen molar-refractivity contribution in [1.29, 1.82) is 0 Å². The Morgan fingerprint density at radius 3 is 2.90 bits per heavy atom. The standard InChI is InChI=1S/C13H16F3N5/c1-8-5-11(21-12(19-8)17-7-18-21)20-10-4-2-3-9(6-10)13(14,15)16/h5,7,9-10,20H,2-4,6H2,1H3/t9-,10-/m0/s1. The predicted molar refractivity (Wildman–Crippen MR) is 70.9 cm³/mol. The highest BCUT2D eigenvalue weighted by molar-refractivity contribution is 5.45. The summed E-state index contributed by atoms with van der Waals surface area (Å²) in [6.07, 6.45) is -1.11. The van der Waals surface area contributed by atoms with Crippen molar-refractivity contribution >= 4 is 11.6 Å². The van der Waals surface area contributed by atoms with Crippen LogP contribution in [0.15, 0.2) is 12.4 Å². The summed E-state index contributed by atoms with van der Waals surface area (Å²) in [7, 11) is 0. The van der Waals surface area contributed by atoms with Gasteiger partial charge in [0.05, 0.1) is 5.92 Å². The van der Waals surface area contributed by atoms with E-state index in [9.17, 15) is 13.2 Å². The highest BCUT2D eigenvalue weighted by atomic mass is 19.4. The molecule has 5 nitrogen and oxygen atoms in total. The lowest BCUT2D eigenvalue weighted by Crippen LogP contribution is -2.35. The van der Waals surface area contributed by atoms with Gasteiger partial charge in [-0.2, -0.15) is 27.8 Å². The first kappa shape index (κ1) is 14.1. The van der Waals surface area contributed by atoms with E-state index in [4.69, 9.17) is 0 Å². The molecule has 2 aromatic rings. The SMILES string of the molecule is Cc1cc(N[C@H]2CCC[C@H](C(F)(F)F)C2)n2ncnc2n1. The van der Waals surface area contributed by atoms with E-state index >= 15 is 0 Å². The van der Waals surface area contributed by atoms with Crippen LogP contribution in [0.2, 0.25) is 0 Å². The minimum atomic E-state index is -4.11. The average Bonchev–Trinajstić information content (AvgIpc) is 2.86. The van der Waals surface area contributed by atoms with Crippen LogP contribution in [-0.2, 0) is 0 Å². The Bertz CT molecular complexity index is 636. The number of nitrogens with one attached hydrogen (secondary N) is 1. The van der Waals surface area contributed by atoms with Gasteiger partial charge in [0.1, 0.15) is 12.1 Å². The third-order valence-electron chi connectivity index (χ3n) is 3.87. The van der Waals surface area contributed by atoms with Crippen LogP contribution in [0.5, 0.6) is 0 Å². The summed E-state index contributed by atoms with van der Waals surface area (Å²) in [6.45, 7) is 1.82. The van der Waals surface area contributed by atoms with E-state index in [1.165, 1.54) is 10.8 Å². The molecule has 0 amide bonds. The number of alkyl halides is 3. The van der Waals surface area contributed by atoms with Crippen molar-refractivity contribution < 1.29 is 13.2 Å². The van der Waals surface area contributed by atoms with E-state index in [-0.39, 0.29) is 18.9 Å². The van der Waals surface area contributed by atoms with Crippen LogP contribution < -0.4 is 5.32 Å².